The molecule has 1 aliphatic heterocycles. The van der Waals surface area contributed by atoms with Gasteiger partial charge in [0.15, 0.2) is 0 Å². The number of carbonyl (C=O) groups excluding carboxylic acids is 1. The summed E-state index contributed by atoms with van der Waals surface area (Å²) in [5.41, 5.74) is 4.66. The number of fused-ring (bicyclic) bond motifs is 1. The molecule has 0 spiro atoms. The van der Waals surface area contributed by atoms with E-state index >= 15 is 0 Å². The predicted molar refractivity (Wildman–Crippen MR) is 138 cm³/mol. The van der Waals surface area contributed by atoms with Crippen LogP contribution < -0.4 is 0 Å². The number of piperazine rings is 1. The number of aromatic nitrogens is 4. The lowest BCUT2D eigenvalue weighted by atomic mass is 10.1. The van der Waals surface area contributed by atoms with Crippen LogP contribution in [0.5, 0.6) is 0 Å². The molecule has 1 saturated heterocycles. The number of aryl methyl sites for hydroxylation is 1. The Balaban J connectivity index is 1.37. The van der Waals surface area contributed by atoms with Gasteiger partial charge in [-0.1, -0.05) is 52.0 Å². The number of amides is 1. The molecular weight excluding hydrogens is 512 g/mol. The first-order valence-electron chi connectivity index (χ1n) is 11.2. The average molecular weight is 537 g/mol. The number of hydrogen-bond donors (Lipinski definition) is 0. The molecule has 1 amide bonds. The first-order chi connectivity index (χ1) is 16.5. The van der Waals surface area contributed by atoms with Gasteiger partial charge in [0.2, 0.25) is 5.16 Å². The van der Waals surface area contributed by atoms with E-state index in [0.29, 0.717) is 16.5 Å². The molecular formula is C25H25BrN6OS. The predicted octanol–water partition coefficient (Wildman–Crippen LogP) is 4.54. The van der Waals surface area contributed by atoms with Crippen molar-refractivity contribution in [2.24, 2.45) is 0 Å². The summed E-state index contributed by atoms with van der Waals surface area (Å²) in [5.74, 6) is 1.44. The van der Waals surface area contributed by atoms with Crippen LogP contribution in [0.4, 0.5) is 0 Å². The van der Waals surface area contributed by atoms with E-state index in [1.807, 2.05) is 54.3 Å². The summed E-state index contributed by atoms with van der Waals surface area (Å²) in [4.78, 5) is 26.3. The van der Waals surface area contributed by atoms with Crippen LogP contribution in [0, 0.1) is 6.92 Å². The van der Waals surface area contributed by atoms with Gasteiger partial charge < -0.3 is 9.80 Å². The third-order valence-electron chi connectivity index (χ3n) is 5.92. The Morgan fingerprint density at radius 1 is 1.00 bits per heavy atom. The number of nitrogens with zero attached hydrogens (tertiary/aromatic N) is 6. The third-order valence-corrected chi connectivity index (χ3v) is 7.36. The molecule has 1 fully saturated rings. The van der Waals surface area contributed by atoms with E-state index in [1.165, 1.54) is 5.56 Å². The van der Waals surface area contributed by atoms with E-state index in [0.717, 1.165) is 53.4 Å². The SMILES string of the molecule is Cc1cc(-c2ccc(C(=O)N3CCN(C)CC3)cc2)n2nc(SCc3ccc(Br)cc3)nc2n1. The summed E-state index contributed by atoms with van der Waals surface area (Å²) < 4.78 is 2.85. The number of hydrogen-bond acceptors (Lipinski definition) is 6. The topological polar surface area (TPSA) is 66.6 Å². The largest absolute Gasteiger partial charge is 0.336 e. The molecule has 0 aliphatic carbocycles. The van der Waals surface area contributed by atoms with Crippen molar-refractivity contribution in [2.75, 3.05) is 33.2 Å². The van der Waals surface area contributed by atoms with Crippen molar-refractivity contribution >= 4 is 39.4 Å². The highest BCUT2D eigenvalue weighted by Crippen LogP contribution is 2.25. The number of thioether (sulfide) groups is 1. The maximum absolute atomic E-state index is 12.9. The van der Waals surface area contributed by atoms with E-state index in [2.05, 4.69) is 50.0 Å². The Morgan fingerprint density at radius 2 is 1.71 bits per heavy atom. The maximum atomic E-state index is 12.9. The van der Waals surface area contributed by atoms with Crippen molar-refractivity contribution in [1.82, 2.24) is 29.4 Å². The van der Waals surface area contributed by atoms with Gasteiger partial charge in [-0.15, -0.1) is 5.10 Å². The van der Waals surface area contributed by atoms with Crippen LogP contribution in [0.1, 0.15) is 21.6 Å². The molecule has 2 aromatic heterocycles. The lowest BCUT2D eigenvalue weighted by Gasteiger charge is -2.32. The number of halogens is 1. The van der Waals surface area contributed by atoms with Gasteiger partial charge in [0, 0.05) is 53.2 Å². The van der Waals surface area contributed by atoms with Gasteiger partial charge in [0.05, 0.1) is 5.69 Å². The molecule has 3 heterocycles. The van der Waals surface area contributed by atoms with Crippen LogP contribution in [0.3, 0.4) is 0 Å². The Labute approximate surface area is 211 Å². The highest BCUT2D eigenvalue weighted by molar-refractivity contribution is 9.10. The fourth-order valence-electron chi connectivity index (χ4n) is 3.94. The van der Waals surface area contributed by atoms with Gasteiger partial charge in [0.1, 0.15) is 0 Å². The first-order valence-corrected chi connectivity index (χ1v) is 12.9. The quantitative estimate of drug-likeness (QED) is 0.349. The van der Waals surface area contributed by atoms with E-state index < -0.39 is 0 Å². The minimum atomic E-state index is 0.0862. The van der Waals surface area contributed by atoms with Crippen molar-refractivity contribution in [3.05, 3.63) is 75.9 Å². The van der Waals surface area contributed by atoms with Crippen LogP contribution in [0.15, 0.2) is 64.2 Å². The lowest BCUT2D eigenvalue weighted by molar-refractivity contribution is 0.0664. The molecule has 0 unspecified atom stereocenters. The zero-order valence-electron chi connectivity index (χ0n) is 19.1. The fraction of sp³-hybridized carbons (Fsp3) is 0.280. The molecule has 9 heteroatoms. The number of carbonyl (C=O) groups is 1. The molecule has 5 rings (SSSR count). The van der Waals surface area contributed by atoms with Crippen LogP contribution >= 0.6 is 27.7 Å². The van der Waals surface area contributed by atoms with Crippen molar-refractivity contribution in [2.45, 2.75) is 17.8 Å². The number of benzene rings is 2. The third kappa shape index (κ3) is 5.01. The minimum absolute atomic E-state index is 0.0862. The molecule has 2 aromatic carbocycles. The fourth-order valence-corrected chi connectivity index (χ4v) is 4.98. The maximum Gasteiger partial charge on any atom is 0.253 e. The molecule has 0 saturated carbocycles. The molecule has 1 aliphatic rings. The van der Waals surface area contributed by atoms with Gasteiger partial charge in [-0.2, -0.15) is 9.50 Å². The van der Waals surface area contributed by atoms with Crippen LogP contribution in [0.2, 0.25) is 0 Å². The molecule has 0 N–H and O–H groups in total. The lowest BCUT2D eigenvalue weighted by Crippen LogP contribution is -2.47. The summed E-state index contributed by atoms with van der Waals surface area (Å²) in [5, 5.41) is 5.40. The van der Waals surface area contributed by atoms with Crippen molar-refractivity contribution in [3.8, 4) is 11.3 Å². The summed E-state index contributed by atoms with van der Waals surface area (Å²) in [6.07, 6.45) is 0. The van der Waals surface area contributed by atoms with Gasteiger partial charge in [-0.3, -0.25) is 4.79 Å². The average Bonchev–Trinajstić information content (AvgIpc) is 3.26. The van der Waals surface area contributed by atoms with E-state index in [-0.39, 0.29) is 5.91 Å². The normalized spacial score (nSPS) is 14.6. The second-order valence-corrected chi connectivity index (χ2v) is 10.3. The Hall–Kier alpha value is -2.75. The Kier molecular flexibility index (Phi) is 6.67. The van der Waals surface area contributed by atoms with E-state index in [9.17, 15) is 4.79 Å². The summed E-state index contributed by atoms with van der Waals surface area (Å²) in [6.45, 7) is 5.30. The first kappa shape index (κ1) is 23.0. The molecule has 34 heavy (non-hydrogen) atoms. The molecule has 4 aromatic rings. The van der Waals surface area contributed by atoms with Gasteiger partial charge in [-0.05, 0) is 49.9 Å². The van der Waals surface area contributed by atoms with E-state index in [4.69, 9.17) is 5.10 Å². The highest BCUT2D eigenvalue weighted by Gasteiger charge is 2.20. The van der Waals surface area contributed by atoms with Crippen molar-refractivity contribution in [1.29, 1.82) is 0 Å². The van der Waals surface area contributed by atoms with Gasteiger partial charge in [-0.25, -0.2) is 4.98 Å². The number of rotatable bonds is 5. The summed E-state index contributed by atoms with van der Waals surface area (Å²) >= 11 is 5.06. The zero-order chi connectivity index (χ0) is 23.7. The summed E-state index contributed by atoms with van der Waals surface area (Å²) in [6, 6.07) is 18.0. The standard InChI is InChI=1S/C25H25BrN6OS/c1-17-15-22(19-5-7-20(8-6-19)23(33)31-13-11-30(2)12-14-31)32-24(27-17)28-25(29-32)34-16-18-3-9-21(26)10-4-18/h3-10,15H,11-14,16H2,1-2H3. The molecule has 0 atom stereocenters. The monoisotopic (exact) mass is 536 g/mol. The van der Waals surface area contributed by atoms with Gasteiger partial charge >= 0.3 is 0 Å². The minimum Gasteiger partial charge on any atom is -0.336 e. The Bertz CT molecular complexity index is 1310. The summed E-state index contributed by atoms with van der Waals surface area (Å²) in [7, 11) is 2.09. The second kappa shape index (κ2) is 9.85. The van der Waals surface area contributed by atoms with Gasteiger partial charge in [0.25, 0.3) is 11.7 Å². The second-order valence-electron chi connectivity index (χ2n) is 8.48. The van der Waals surface area contributed by atoms with E-state index in [1.54, 1.807) is 16.3 Å². The molecule has 0 radical (unpaired) electrons. The Morgan fingerprint density at radius 3 is 2.41 bits per heavy atom. The van der Waals surface area contributed by atoms with Crippen molar-refractivity contribution in [3.63, 3.8) is 0 Å². The molecule has 0 bridgehead atoms. The zero-order valence-corrected chi connectivity index (χ0v) is 21.5. The van der Waals surface area contributed by atoms with Crippen LogP contribution in [-0.2, 0) is 5.75 Å². The smallest absolute Gasteiger partial charge is 0.253 e. The molecule has 7 nitrogen and oxygen atoms in total. The van der Waals surface area contributed by atoms with Crippen molar-refractivity contribution < 1.29 is 4.79 Å². The molecule has 174 valence electrons. The number of likely N-dealkylation sites (N-methyl/N-ethyl adjacent to an activating group) is 1. The van der Waals surface area contributed by atoms with Crippen LogP contribution in [-0.4, -0.2) is 68.5 Å². The van der Waals surface area contributed by atoms with Crippen LogP contribution in [0.25, 0.3) is 17.0 Å². The highest BCUT2D eigenvalue weighted by atomic mass is 79.9.